The smallest absolute Gasteiger partial charge is 0.325 e. The zero-order valence-electron chi connectivity index (χ0n) is 14.5. The summed E-state index contributed by atoms with van der Waals surface area (Å²) in [5.74, 6) is -0.929. The van der Waals surface area contributed by atoms with Gasteiger partial charge < -0.3 is 10.1 Å². The first kappa shape index (κ1) is 19.2. The van der Waals surface area contributed by atoms with Crippen molar-refractivity contribution in [3.05, 3.63) is 71.8 Å². The van der Waals surface area contributed by atoms with E-state index in [0.29, 0.717) is 12.0 Å². The lowest BCUT2D eigenvalue weighted by Gasteiger charge is -2.22. The van der Waals surface area contributed by atoms with Crippen LogP contribution in [0.4, 0.5) is 0 Å². The molecule has 2 atom stereocenters. The monoisotopic (exact) mass is 351 g/mol. The summed E-state index contributed by atoms with van der Waals surface area (Å²) in [7, 11) is 1.26. The summed E-state index contributed by atoms with van der Waals surface area (Å²) in [5, 5.41) is 15.1. The molecule has 2 rings (SSSR count). The van der Waals surface area contributed by atoms with Crippen molar-refractivity contribution in [3.63, 3.8) is 0 Å². The molecule has 2 aromatic rings. The molecule has 6 heteroatoms. The first-order valence-corrected chi connectivity index (χ1v) is 8.23. The predicted molar refractivity (Wildman–Crippen MR) is 96.9 cm³/mol. The minimum atomic E-state index is -0.755. The average molecular weight is 351 g/mol. The molecule has 6 nitrogen and oxygen atoms in total. The highest BCUT2D eigenvalue weighted by molar-refractivity contribution is 5.86. The van der Waals surface area contributed by atoms with Gasteiger partial charge >= 0.3 is 5.97 Å². The van der Waals surface area contributed by atoms with Gasteiger partial charge in [-0.15, -0.1) is 0 Å². The Bertz CT molecular complexity index is 757. The van der Waals surface area contributed by atoms with E-state index in [1.807, 2.05) is 48.5 Å². The number of esters is 1. The van der Waals surface area contributed by atoms with Crippen molar-refractivity contribution in [2.75, 3.05) is 13.7 Å². The van der Waals surface area contributed by atoms with Crippen LogP contribution in [0.25, 0.3) is 0 Å². The molecule has 0 saturated heterocycles. The maximum atomic E-state index is 12.6. The Morgan fingerprint density at radius 1 is 1.08 bits per heavy atom. The Balaban J connectivity index is 2.13. The number of hydrogen-bond donors (Lipinski definition) is 2. The van der Waals surface area contributed by atoms with Crippen molar-refractivity contribution < 1.29 is 14.3 Å². The average Bonchev–Trinajstić information content (AvgIpc) is 2.70. The van der Waals surface area contributed by atoms with Gasteiger partial charge in [0, 0.05) is 6.42 Å². The number of nitrogens with one attached hydrogen (secondary N) is 2. The van der Waals surface area contributed by atoms with E-state index in [1.165, 1.54) is 7.11 Å². The molecule has 0 aliphatic heterocycles. The number of nitriles is 1. The zero-order valence-corrected chi connectivity index (χ0v) is 14.5. The summed E-state index contributed by atoms with van der Waals surface area (Å²) < 4.78 is 4.54. The molecule has 0 aliphatic carbocycles. The Morgan fingerprint density at radius 3 is 2.27 bits per heavy atom. The normalized spacial score (nSPS) is 12.5. The van der Waals surface area contributed by atoms with Crippen LogP contribution in [0.3, 0.4) is 0 Å². The van der Waals surface area contributed by atoms with Gasteiger partial charge in [0.1, 0.15) is 18.6 Å². The van der Waals surface area contributed by atoms with Gasteiger partial charge in [-0.3, -0.25) is 14.9 Å². The minimum Gasteiger partial charge on any atom is -0.468 e. The number of hydrogen-bond acceptors (Lipinski definition) is 5. The van der Waals surface area contributed by atoms with E-state index in [0.717, 1.165) is 5.56 Å². The lowest BCUT2D eigenvalue weighted by molar-refractivity contribution is -0.141. The SMILES string of the molecule is COC(=O)CNC(=O)C(N[C@H](C#N)Cc1ccccc1)c1ccccc1. The van der Waals surface area contributed by atoms with E-state index < -0.39 is 24.0 Å². The number of nitrogens with zero attached hydrogens (tertiary/aromatic N) is 1. The van der Waals surface area contributed by atoms with Crippen LogP contribution in [0, 0.1) is 11.3 Å². The quantitative estimate of drug-likeness (QED) is 0.707. The van der Waals surface area contributed by atoms with E-state index >= 15 is 0 Å². The summed E-state index contributed by atoms with van der Waals surface area (Å²) >= 11 is 0. The van der Waals surface area contributed by atoms with Crippen molar-refractivity contribution in [1.82, 2.24) is 10.6 Å². The Labute approximate surface area is 152 Å². The number of amides is 1. The highest BCUT2D eigenvalue weighted by Crippen LogP contribution is 2.15. The maximum Gasteiger partial charge on any atom is 0.325 e. The summed E-state index contributed by atoms with van der Waals surface area (Å²) in [4.78, 5) is 23.9. The number of rotatable bonds is 8. The van der Waals surface area contributed by atoms with Crippen molar-refractivity contribution in [2.45, 2.75) is 18.5 Å². The Morgan fingerprint density at radius 2 is 1.69 bits per heavy atom. The van der Waals surface area contributed by atoms with E-state index in [9.17, 15) is 14.9 Å². The summed E-state index contributed by atoms with van der Waals surface area (Å²) in [6.07, 6.45) is 0.463. The fourth-order valence-corrected chi connectivity index (χ4v) is 2.50. The first-order chi connectivity index (χ1) is 12.6. The second kappa shape index (κ2) is 9.97. The highest BCUT2D eigenvalue weighted by Gasteiger charge is 2.24. The second-order valence-corrected chi connectivity index (χ2v) is 5.68. The van der Waals surface area contributed by atoms with E-state index in [1.54, 1.807) is 12.1 Å². The summed E-state index contributed by atoms with van der Waals surface area (Å²) in [6, 6.07) is 19.5. The lowest BCUT2D eigenvalue weighted by Crippen LogP contribution is -2.44. The molecule has 0 saturated carbocycles. The van der Waals surface area contributed by atoms with Crippen LogP contribution in [-0.2, 0) is 20.7 Å². The van der Waals surface area contributed by atoms with Crippen LogP contribution in [0.15, 0.2) is 60.7 Å². The molecule has 0 spiro atoms. The number of benzene rings is 2. The molecule has 0 heterocycles. The number of ether oxygens (including phenoxy) is 1. The third kappa shape index (κ3) is 5.72. The fourth-order valence-electron chi connectivity index (χ4n) is 2.50. The van der Waals surface area contributed by atoms with Crippen LogP contribution in [0.1, 0.15) is 17.2 Å². The van der Waals surface area contributed by atoms with Gasteiger partial charge in [0.25, 0.3) is 0 Å². The Kier molecular flexibility index (Phi) is 7.34. The highest BCUT2D eigenvalue weighted by atomic mass is 16.5. The largest absolute Gasteiger partial charge is 0.468 e. The van der Waals surface area contributed by atoms with Crippen molar-refractivity contribution in [1.29, 1.82) is 5.26 Å². The van der Waals surface area contributed by atoms with Gasteiger partial charge in [-0.2, -0.15) is 5.26 Å². The fraction of sp³-hybridized carbons (Fsp3) is 0.250. The molecule has 0 radical (unpaired) electrons. The van der Waals surface area contributed by atoms with Crippen LogP contribution in [0.5, 0.6) is 0 Å². The molecular weight excluding hydrogens is 330 g/mol. The van der Waals surface area contributed by atoms with Gasteiger partial charge in [-0.1, -0.05) is 60.7 Å². The van der Waals surface area contributed by atoms with Gasteiger partial charge in [-0.25, -0.2) is 0 Å². The minimum absolute atomic E-state index is 0.226. The molecular formula is C20H21N3O3. The Hall–Kier alpha value is -3.17. The van der Waals surface area contributed by atoms with Crippen molar-refractivity contribution in [2.24, 2.45) is 0 Å². The molecule has 26 heavy (non-hydrogen) atoms. The van der Waals surface area contributed by atoms with E-state index in [-0.39, 0.29) is 6.54 Å². The second-order valence-electron chi connectivity index (χ2n) is 5.68. The van der Waals surface area contributed by atoms with Gasteiger partial charge in [-0.05, 0) is 11.1 Å². The third-order valence-electron chi connectivity index (χ3n) is 3.84. The van der Waals surface area contributed by atoms with Crippen LogP contribution < -0.4 is 10.6 Å². The summed E-state index contributed by atoms with van der Waals surface area (Å²) in [5.41, 5.74) is 1.71. The van der Waals surface area contributed by atoms with Crippen molar-refractivity contribution >= 4 is 11.9 Å². The zero-order chi connectivity index (χ0) is 18.8. The van der Waals surface area contributed by atoms with Crippen LogP contribution in [-0.4, -0.2) is 31.6 Å². The third-order valence-corrected chi connectivity index (χ3v) is 3.84. The molecule has 1 amide bonds. The predicted octanol–water partition coefficient (Wildman–Crippen LogP) is 1.74. The number of carbonyl (C=O) groups excluding carboxylic acids is 2. The molecule has 0 aromatic heterocycles. The van der Waals surface area contributed by atoms with Gasteiger partial charge in [0.2, 0.25) is 5.91 Å². The maximum absolute atomic E-state index is 12.6. The van der Waals surface area contributed by atoms with Crippen LogP contribution >= 0.6 is 0 Å². The standard InChI is InChI=1S/C20H21N3O3/c1-26-18(24)14-22-20(25)19(16-10-6-3-7-11-16)23-17(13-21)12-15-8-4-2-5-9-15/h2-11,17,19,23H,12,14H2,1H3,(H,22,25)/t17-,19?/m0/s1. The topological polar surface area (TPSA) is 91.2 Å². The van der Waals surface area contributed by atoms with Crippen molar-refractivity contribution in [3.8, 4) is 6.07 Å². The number of carbonyl (C=O) groups is 2. The van der Waals surface area contributed by atoms with E-state index in [4.69, 9.17) is 0 Å². The number of methoxy groups -OCH3 is 1. The molecule has 2 aromatic carbocycles. The molecule has 0 bridgehead atoms. The first-order valence-electron chi connectivity index (χ1n) is 8.23. The molecule has 1 unspecified atom stereocenters. The summed E-state index contributed by atoms with van der Waals surface area (Å²) in [6.45, 7) is -0.226. The van der Waals surface area contributed by atoms with Crippen LogP contribution in [0.2, 0.25) is 0 Å². The molecule has 0 aliphatic rings. The molecule has 0 fully saturated rings. The van der Waals surface area contributed by atoms with Gasteiger partial charge in [0.15, 0.2) is 0 Å². The lowest BCUT2D eigenvalue weighted by atomic mass is 10.0. The molecule has 134 valence electrons. The van der Waals surface area contributed by atoms with E-state index in [2.05, 4.69) is 21.4 Å². The van der Waals surface area contributed by atoms with Gasteiger partial charge in [0.05, 0.1) is 13.2 Å². The molecule has 2 N–H and O–H groups in total.